The Labute approximate surface area is 123 Å². The molecule has 0 aliphatic rings. The van der Waals surface area contributed by atoms with Crippen LogP contribution in [0.5, 0.6) is 11.5 Å². The first-order valence-corrected chi connectivity index (χ1v) is 6.37. The van der Waals surface area contributed by atoms with Crippen LogP contribution in [0.3, 0.4) is 0 Å². The molecule has 4 nitrogen and oxygen atoms in total. The van der Waals surface area contributed by atoms with Crippen LogP contribution in [0.2, 0.25) is 5.02 Å². The molecule has 2 aromatic rings. The number of methoxy groups -OCH3 is 2. The number of benzene rings is 2. The Morgan fingerprint density at radius 1 is 1.00 bits per heavy atom. The minimum absolute atomic E-state index is 0.692. The topological polar surface area (TPSA) is 42.8 Å². The number of anilines is 1. The van der Waals surface area contributed by atoms with Gasteiger partial charge in [0.1, 0.15) is 11.5 Å². The molecule has 2 rings (SSSR count). The zero-order valence-corrected chi connectivity index (χ0v) is 12.0. The summed E-state index contributed by atoms with van der Waals surface area (Å²) in [6.45, 7) is 0. The number of nitrogens with zero attached hydrogens (tertiary/aromatic N) is 1. The first kappa shape index (κ1) is 14.2. The highest BCUT2D eigenvalue weighted by Gasteiger charge is 1.99. The number of hydrogen-bond acceptors (Lipinski definition) is 4. The summed E-state index contributed by atoms with van der Waals surface area (Å²) in [6.07, 6.45) is 1.69. The second kappa shape index (κ2) is 6.82. The normalized spacial score (nSPS) is 10.6. The van der Waals surface area contributed by atoms with E-state index < -0.39 is 0 Å². The summed E-state index contributed by atoms with van der Waals surface area (Å²) in [5.74, 6) is 1.44. The van der Waals surface area contributed by atoms with Gasteiger partial charge in [0.15, 0.2) is 0 Å². The molecule has 5 heteroatoms. The van der Waals surface area contributed by atoms with E-state index in [1.165, 1.54) is 0 Å². The summed E-state index contributed by atoms with van der Waals surface area (Å²) in [6, 6.07) is 12.9. The maximum Gasteiger partial charge on any atom is 0.123 e. The van der Waals surface area contributed by atoms with Crippen molar-refractivity contribution in [1.82, 2.24) is 0 Å². The molecule has 0 bridgehead atoms. The Bertz CT molecular complexity index is 575. The summed E-state index contributed by atoms with van der Waals surface area (Å²) in [4.78, 5) is 0. The number of ether oxygens (including phenoxy) is 2. The van der Waals surface area contributed by atoms with Gasteiger partial charge in [-0.2, -0.15) is 5.10 Å². The quantitative estimate of drug-likeness (QED) is 0.673. The summed E-state index contributed by atoms with van der Waals surface area (Å²) in [5.41, 5.74) is 4.66. The van der Waals surface area contributed by atoms with Crippen molar-refractivity contribution in [2.45, 2.75) is 0 Å². The van der Waals surface area contributed by atoms with E-state index in [1.807, 2.05) is 30.3 Å². The second-order valence-electron chi connectivity index (χ2n) is 4.02. The molecular formula is C15H15ClN2O2. The fourth-order valence-corrected chi connectivity index (χ4v) is 1.74. The van der Waals surface area contributed by atoms with Gasteiger partial charge in [-0.25, -0.2) is 0 Å². The van der Waals surface area contributed by atoms with E-state index in [2.05, 4.69) is 10.5 Å². The van der Waals surface area contributed by atoms with Crippen LogP contribution in [0.15, 0.2) is 47.6 Å². The molecule has 1 N–H and O–H groups in total. The highest BCUT2D eigenvalue weighted by atomic mass is 35.5. The highest BCUT2D eigenvalue weighted by molar-refractivity contribution is 6.30. The number of nitrogens with one attached hydrogen (secondary N) is 1. The first-order valence-electron chi connectivity index (χ1n) is 5.99. The smallest absolute Gasteiger partial charge is 0.123 e. The SMILES string of the molecule is COc1cc(/C=N/Nc2ccc(Cl)cc2)cc(OC)c1. The molecule has 2 aromatic carbocycles. The van der Waals surface area contributed by atoms with Gasteiger partial charge in [0.25, 0.3) is 0 Å². The molecule has 0 radical (unpaired) electrons. The van der Waals surface area contributed by atoms with Crippen LogP contribution >= 0.6 is 11.6 Å². The van der Waals surface area contributed by atoms with Gasteiger partial charge >= 0.3 is 0 Å². The predicted molar refractivity (Wildman–Crippen MR) is 82.2 cm³/mol. The van der Waals surface area contributed by atoms with Crippen molar-refractivity contribution in [1.29, 1.82) is 0 Å². The van der Waals surface area contributed by atoms with E-state index >= 15 is 0 Å². The molecule has 0 saturated carbocycles. The zero-order valence-electron chi connectivity index (χ0n) is 11.3. The zero-order chi connectivity index (χ0) is 14.4. The maximum absolute atomic E-state index is 5.81. The lowest BCUT2D eigenvalue weighted by atomic mass is 10.2. The predicted octanol–water partition coefficient (Wildman–Crippen LogP) is 3.80. The van der Waals surface area contributed by atoms with Crippen molar-refractivity contribution >= 4 is 23.5 Å². The average molecular weight is 291 g/mol. The van der Waals surface area contributed by atoms with Crippen LogP contribution in [0.25, 0.3) is 0 Å². The summed E-state index contributed by atoms with van der Waals surface area (Å²) < 4.78 is 10.4. The standard InChI is InChI=1S/C15H15ClN2O2/c1-19-14-7-11(8-15(9-14)20-2)10-17-18-13-5-3-12(16)4-6-13/h3-10,18H,1-2H3/b17-10+. The Kier molecular flexibility index (Phi) is 4.85. The van der Waals surface area contributed by atoms with Gasteiger partial charge in [0, 0.05) is 16.7 Å². The Hall–Kier alpha value is -2.20. The minimum Gasteiger partial charge on any atom is -0.497 e. The lowest BCUT2D eigenvalue weighted by Crippen LogP contribution is -1.93. The van der Waals surface area contributed by atoms with Gasteiger partial charge in [-0.1, -0.05) is 11.6 Å². The van der Waals surface area contributed by atoms with Crippen molar-refractivity contribution < 1.29 is 9.47 Å². The Morgan fingerprint density at radius 3 is 2.15 bits per heavy atom. The minimum atomic E-state index is 0.692. The van der Waals surface area contributed by atoms with E-state index in [4.69, 9.17) is 21.1 Å². The molecule has 0 heterocycles. The van der Waals surface area contributed by atoms with Gasteiger partial charge in [-0.15, -0.1) is 0 Å². The molecule has 0 unspecified atom stereocenters. The van der Waals surface area contributed by atoms with Crippen LogP contribution in [0.1, 0.15) is 5.56 Å². The van der Waals surface area contributed by atoms with Gasteiger partial charge in [0.05, 0.1) is 26.1 Å². The average Bonchev–Trinajstić information content (AvgIpc) is 2.49. The number of halogens is 1. The van der Waals surface area contributed by atoms with Crippen molar-refractivity contribution in [2.75, 3.05) is 19.6 Å². The van der Waals surface area contributed by atoms with E-state index in [9.17, 15) is 0 Å². The molecule has 0 aromatic heterocycles. The van der Waals surface area contributed by atoms with Crippen LogP contribution in [-0.2, 0) is 0 Å². The van der Waals surface area contributed by atoms with Crippen LogP contribution < -0.4 is 14.9 Å². The third-order valence-electron chi connectivity index (χ3n) is 2.63. The molecule has 0 amide bonds. The highest BCUT2D eigenvalue weighted by Crippen LogP contribution is 2.21. The molecule has 20 heavy (non-hydrogen) atoms. The molecule has 0 fully saturated rings. The van der Waals surface area contributed by atoms with Crippen LogP contribution in [-0.4, -0.2) is 20.4 Å². The van der Waals surface area contributed by atoms with Gasteiger partial charge in [0.2, 0.25) is 0 Å². The molecular weight excluding hydrogens is 276 g/mol. The summed E-state index contributed by atoms with van der Waals surface area (Å²) in [7, 11) is 3.23. The number of hydrogen-bond donors (Lipinski definition) is 1. The lowest BCUT2D eigenvalue weighted by molar-refractivity contribution is 0.394. The van der Waals surface area contributed by atoms with Crippen molar-refractivity contribution in [3.8, 4) is 11.5 Å². The Balaban J connectivity index is 2.08. The fraction of sp³-hybridized carbons (Fsp3) is 0.133. The van der Waals surface area contributed by atoms with Gasteiger partial charge in [-0.05, 0) is 36.4 Å². The molecule has 104 valence electrons. The van der Waals surface area contributed by atoms with E-state index in [1.54, 1.807) is 32.6 Å². The van der Waals surface area contributed by atoms with E-state index in [0.717, 1.165) is 22.7 Å². The van der Waals surface area contributed by atoms with Crippen molar-refractivity contribution in [2.24, 2.45) is 5.10 Å². The largest absolute Gasteiger partial charge is 0.497 e. The lowest BCUT2D eigenvalue weighted by Gasteiger charge is -2.05. The molecule has 0 aliphatic heterocycles. The maximum atomic E-state index is 5.81. The Morgan fingerprint density at radius 2 is 1.60 bits per heavy atom. The third-order valence-corrected chi connectivity index (χ3v) is 2.88. The summed E-state index contributed by atoms with van der Waals surface area (Å²) in [5, 5.41) is 4.85. The second-order valence-corrected chi connectivity index (χ2v) is 4.46. The fourth-order valence-electron chi connectivity index (χ4n) is 1.61. The monoisotopic (exact) mass is 290 g/mol. The first-order chi connectivity index (χ1) is 9.71. The number of hydrazone groups is 1. The molecule has 0 atom stereocenters. The molecule has 0 spiro atoms. The van der Waals surface area contributed by atoms with Crippen molar-refractivity contribution in [3.63, 3.8) is 0 Å². The van der Waals surface area contributed by atoms with Gasteiger partial charge < -0.3 is 9.47 Å². The van der Waals surface area contributed by atoms with Crippen LogP contribution in [0.4, 0.5) is 5.69 Å². The third kappa shape index (κ3) is 3.90. The summed E-state index contributed by atoms with van der Waals surface area (Å²) >= 11 is 5.81. The molecule has 0 saturated heterocycles. The van der Waals surface area contributed by atoms with Gasteiger partial charge in [-0.3, -0.25) is 5.43 Å². The molecule has 0 aliphatic carbocycles. The van der Waals surface area contributed by atoms with E-state index in [-0.39, 0.29) is 0 Å². The van der Waals surface area contributed by atoms with E-state index in [0.29, 0.717) is 5.02 Å². The van der Waals surface area contributed by atoms with Crippen molar-refractivity contribution in [3.05, 3.63) is 53.1 Å². The van der Waals surface area contributed by atoms with Crippen LogP contribution in [0, 0.1) is 0 Å². The number of rotatable bonds is 5.